The number of hydrogen-bond acceptors (Lipinski definition) is 2. The van der Waals surface area contributed by atoms with Crippen LogP contribution in [0.3, 0.4) is 0 Å². The Balaban J connectivity index is 1.72. The number of rotatable bonds is 5. The van der Waals surface area contributed by atoms with Crippen molar-refractivity contribution in [3.63, 3.8) is 0 Å². The van der Waals surface area contributed by atoms with E-state index in [0.29, 0.717) is 6.42 Å². The molecule has 1 amide bonds. The van der Waals surface area contributed by atoms with Crippen molar-refractivity contribution in [2.45, 2.75) is 31.2 Å². The zero-order valence-corrected chi connectivity index (χ0v) is 11.3. The third-order valence-corrected chi connectivity index (χ3v) is 4.04. The van der Waals surface area contributed by atoms with Crippen LogP contribution in [0.15, 0.2) is 18.2 Å². The summed E-state index contributed by atoms with van der Waals surface area (Å²) in [5, 5.41) is 8.87. The monoisotopic (exact) mass is 295 g/mol. The molecular formula is C15H15F2NO3. The predicted molar refractivity (Wildman–Crippen MR) is 69.6 cm³/mol. The molecule has 2 aliphatic carbocycles. The highest BCUT2D eigenvalue weighted by molar-refractivity contribution is 5.86. The second-order valence-corrected chi connectivity index (χ2v) is 5.71. The molecule has 112 valence electrons. The Bertz CT molecular complexity index is 601. The van der Waals surface area contributed by atoms with Crippen LogP contribution < -0.4 is 0 Å². The summed E-state index contributed by atoms with van der Waals surface area (Å²) in [7, 11) is 0. The van der Waals surface area contributed by atoms with Crippen molar-refractivity contribution < 1.29 is 23.5 Å². The van der Waals surface area contributed by atoms with Gasteiger partial charge in [0.2, 0.25) is 5.91 Å². The molecule has 0 aliphatic heterocycles. The molecule has 6 heteroatoms. The lowest BCUT2D eigenvalue weighted by atomic mass is 10.1. The molecule has 2 saturated carbocycles. The third-order valence-electron chi connectivity index (χ3n) is 4.04. The van der Waals surface area contributed by atoms with Crippen molar-refractivity contribution in [1.29, 1.82) is 0 Å². The maximum atomic E-state index is 13.7. The molecule has 4 nitrogen and oxygen atoms in total. The van der Waals surface area contributed by atoms with E-state index in [2.05, 4.69) is 0 Å². The lowest BCUT2D eigenvalue weighted by Crippen LogP contribution is -2.38. The quantitative estimate of drug-likeness (QED) is 0.905. The van der Waals surface area contributed by atoms with Crippen LogP contribution in [0.2, 0.25) is 0 Å². The zero-order chi connectivity index (χ0) is 15.1. The van der Waals surface area contributed by atoms with Gasteiger partial charge in [0.1, 0.15) is 18.2 Å². The van der Waals surface area contributed by atoms with Crippen molar-refractivity contribution in [2.75, 3.05) is 6.54 Å². The van der Waals surface area contributed by atoms with Crippen LogP contribution in [0, 0.1) is 17.6 Å². The van der Waals surface area contributed by atoms with Gasteiger partial charge in [0.15, 0.2) is 0 Å². The minimum atomic E-state index is -1.05. The highest BCUT2D eigenvalue weighted by Crippen LogP contribution is 2.50. The first kappa shape index (κ1) is 14.0. The number of carbonyl (C=O) groups is 2. The fraction of sp³-hybridized carbons (Fsp3) is 0.467. The molecule has 0 radical (unpaired) electrons. The second-order valence-electron chi connectivity index (χ2n) is 5.71. The molecule has 0 unspecified atom stereocenters. The average molecular weight is 295 g/mol. The van der Waals surface area contributed by atoms with Crippen LogP contribution in [0.1, 0.15) is 30.7 Å². The van der Waals surface area contributed by atoms with E-state index in [0.717, 1.165) is 31.0 Å². The van der Waals surface area contributed by atoms with Gasteiger partial charge in [-0.2, -0.15) is 0 Å². The summed E-state index contributed by atoms with van der Waals surface area (Å²) in [6.07, 6.45) is 2.07. The fourth-order valence-electron chi connectivity index (χ4n) is 2.74. The number of carboxylic acids is 1. The number of benzene rings is 1. The van der Waals surface area contributed by atoms with Crippen molar-refractivity contribution in [3.8, 4) is 0 Å². The number of amides is 1. The first-order chi connectivity index (χ1) is 9.97. The summed E-state index contributed by atoms with van der Waals surface area (Å²) in [6, 6.07) is 3.21. The summed E-state index contributed by atoms with van der Waals surface area (Å²) in [5.41, 5.74) is 0.208. The molecule has 1 aromatic rings. The molecule has 0 spiro atoms. The standard InChI is InChI=1S/C15H15F2NO3/c16-8-1-4-13(17)11(5-8)10-6-12(10)15(21)18(7-14(19)20)9-2-3-9/h1,4-5,9-10,12H,2-3,6-7H2,(H,19,20)/t10-,12+/m0/s1. The minimum absolute atomic E-state index is 0.00722. The molecule has 0 bridgehead atoms. The second kappa shape index (κ2) is 5.09. The van der Waals surface area contributed by atoms with Gasteiger partial charge < -0.3 is 10.0 Å². The highest BCUT2D eigenvalue weighted by atomic mass is 19.1. The Kier molecular flexibility index (Phi) is 3.39. The first-order valence-electron chi connectivity index (χ1n) is 6.94. The number of halogens is 2. The summed E-state index contributed by atoms with van der Waals surface area (Å²) < 4.78 is 26.9. The van der Waals surface area contributed by atoms with E-state index < -0.39 is 23.5 Å². The molecule has 0 aromatic heterocycles. The van der Waals surface area contributed by atoms with Gasteiger partial charge in [-0.1, -0.05) is 0 Å². The van der Waals surface area contributed by atoms with Crippen LogP contribution in [-0.2, 0) is 9.59 Å². The fourth-order valence-corrected chi connectivity index (χ4v) is 2.74. The van der Waals surface area contributed by atoms with Crippen LogP contribution >= 0.6 is 0 Å². The molecule has 2 atom stereocenters. The van der Waals surface area contributed by atoms with Crippen LogP contribution in [0.4, 0.5) is 8.78 Å². The van der Waals surface area contributed by atoms with Gasteiger partial charge in [-0.15, -0.1) is 0 Å². The Morgan fingerprint density at radius 2 is 2.00 bits per heavy atom. The van der Waals surface area contributed by atoms with E-state index in [1.54, 1.807) is 0 Å². The van der Waals surface area contributed by atoms with Gasteiger partial charge in [0, 0.05) is 12.0 Å². The van der Waals surface area contributed by atoms with Gasteiger partial charge in [-0.05, 0) is 48.9 Å². The zero-order valence-electron chi connectivity index (χ0n) is 11.3. The number of carboxylic acid groups (broad SMARTS) is 1. The number of nitrogens with zero attached hydrogens (tertiary/aromatic N) is 1. The van der Waals surface area contributed by atoms with E-state index in [-0.39, 0.29) is 30.0 Å². The lowest BCUT2D eigenvalue weighted by molar-refractivity contribution is -0.145. The van der Waals surface area contributed by atoms with Crippen LogP contribution in [0.25, 0.3) is 0 Å². The van der Waals surface area contributed by atoms with Crippen molar-refractivity contribution in [3.05, 3.63) is 35.4 Å². The van der Waals surface area contributed by atoms with E-state index in [9.17, 15) is 18.4 Å². The Morgan fingerprint density at radius 3 is 2.62 bits per heavy atom. The molecule has 2 fully saturated rings. The van der Waals surface area contributed by atoms with E-state index in [1.165, 1.54) is 4.90 Å². The van der Waals surface area contributed by atoms with Crippen LogP contribution in [0.5, 0.6) is 0 Å². The maximum Gasteiger partial charge on any atom is 0.323 e. The van der Waals surface area contributed by atoms with Crippen molar-refractivity contribution in [1.82, 2.24) is 4.90 Å². The van der Waals surface area contributed by atoms with Crippen molar-refractivity contribution >= 4 is 11.9 Å². The molecule has 0 heterocycles. The summed E-state index contributed by atoms with van der Waals surface area (Å²) in [4.78, 5) is 24.6. The third kappa shape index (κ3) is 2.89. The minimum Gasteiger partial charge on any atom is -0.480 e. The largest absolute Gasteiger partial charge is 0.480 e. The summed E-state index contributed by atoms with van der Waals surface area (Å²) in [6.45, 7) is -0.321. The molecule has 1 aromatic carbocycles. The molecule has 2 aliphatic rings. The number of carbonyl (C=O) groups excluding carboxylic acids is 1. The van der Waals surface area contributed by atoms with Gasteiger partial charge in [0.05, 0.1) is 0 Å². The van der Waals surface area contributed by atoms with Gasteiger partial charge in [-0.3, -0.25) is 9.59 Å². The topological polar surface area (TPSA) is 57.6 Å². The predicted octanol–water partition coefficient (Wildman–Crippen LogP) is 2.14. The SMILES string of the molecule is O=C(O)CN(C(=O)[C@@H]1C[C@H]1c1cc(F)ccc1F)C1CC1. The number of hydrogen-bond donors (Lipinski definition) is 1. The summed E-state index contributed by atoms with van der Waals surface area (Å²) in [5.74, 6) is -3.13. The van der Waals surface area contributed by atoms with Crippen molar-refractivity contribution in [2.24, 2.45) is 5.92 Å². The normalized spacial score (nSPS) is 23.7. The van der Waals surface area contributed by atoms with E-state index in [4.69, 9.17) is 5.11 Å². The molecule has 1 N–H and O–H groups in total. The molecular weight excluding hydrogens is 280 g/mol. The number of aliphatic carboxylic acids is 1. The summed E-state index contributed by atoms with van der Waals surface area (Å²) >= 11 is 0. The highest BCUT2D eigenvalue weighted by Gasteiger charge is 2.49. The van der Waals surface area contributed by atoms with E-state index >= 15 is 0 Å². The van der Waals surface area contributed by atoms with Gasteiger partial charge >= 0.3 is 5.97 Å². The van der Waals surface area contributed by atoms with Gasteiger partial charge in [0.25, 0.3) is 0 Å². The molecule has 3 rings (SSSR count). The van der Waals surface area contributed by atoms with E-state index in [1.807, 2.05) is 0 Å². The Morgan fingerprint density at radius 1 is 1.29 bits per heavy atom. The maximum absolute atomic E-state index is 13.7. The van der Waals surface area contributed by atoms with Gasteiger partial charge in [-0.25, -0.2) is 8.78 Å². The van der Waals surface area contributed by atoms with Crippen LogP contribution in [-0.4, -0.2) is 34.5 Å². The first-order valence-corrected chi connectivity index (χ1v) is 6.94. The molecule has 21 heavy (non-hydrogen) atoms. The smallest absolute Gasteiger partial charge is 0.323 e. The Hall–Kier alpha value is -1.98. The molecule has 0 saturated heterocycles. The Labute approximate surface area is 120 Å². The lowest BCUT2D eigenvalue weighted by Gasteiger charge is -2.20. The average Bonchev–Trinajstić information content (AvgIpc) is 3.30.